The van der Waals surface area contributed by atoms with Gasteiger partial charge in [0.15, 0.2) is 0 Å². The van der Waals surface area contributed by atoms with Crippen LogP contribution in [0.4, 0.5) is 0 Å². The fourth-order valence-corrected chi connectivity index (χ4v) is 5.02. The number of nitrogens with zero attached hydrogens (tertiary/aromatic N) is 2. The first-order valence-corrected chi connectivity index (χ1v) is 12.5. The molecule has 158 valence electrons. The van der Waals surface area contributed by atoms with Gasteiger partial charge in [-0.2, -0.15) is 0 Å². The van der Waals surface area contributed by atoms with E-state index < -0.39 is 10.0 Å². The Labute approximate surface area is 185 Å². The summed E-state index contributed by atoms with van der Waals surface area (Å²) in [4.78, 5) is 18.2. The minimum atomic E-state index is -3.45. The Morgan fingerprint density at radius 2 is 1.77 bits per heavy atom. The lowest BCUT2D eigenvalue weighted by Gasteiger charge is -2.12. The van der Waals surface area contributed by atoms with E-state index in [0.29, 0.717) is 12.1 Å². The second-order valence-corrected chi connectivity index (χ2v) is 11.0. The van der Waals surface area contributed by atoms with E-state index in [0.717, 1.165) is 26.9 Å². The molecule has 0 aliphatic carbocycles. The topological polar surface area (TPSA) is 79.4 Å². The van der Waals surface area contributed by atoms with Crippen LogP contribution in [-0.2, 0) is 22.3 Å². The SMILES string of the molecule is Cc1nc(CSc2ccc(C(=O)NCc3ccc(S(=O)(=O)N(C)C)cc3)cc2)cs1. The van der Waals surface area contributed by atoms with E-state index in [9.17, 15) is 13.2 Å². The van der Waals surface area contributed by atoms with Crippen molar-refractivity contribution in [2.75, 3.05) is 14.1 Å². The highest BCUT2D eigenvalue weighted by molar-refractivity contribution is 7.98. The summed E-state index contributed by atoms with van der Waals surface area (Å²) in [5.74, 6) is 0.627. The molecule has 30 heavy (non-hydrogen) atoms. The number of hydrogen-bond acceptors (Lipinski definition) is 6. The molecule has 1 aromatic heterocycles. The minimum Gasteiger partial charge on any atom is -0.348 e. The number of aryl methyl sites for hydroxylation is 1. The molecule has 0 unspecified atom stereocenters. The van der Waals surface area contributed by atoms with E-state index in [-0.39, 0.29) is 10.8 Å². The van der Waals surface area contributed by atoms with Crippen molar-refractivity contribution in [3.8, 4) is 0 Å². The number of rotatable bonds is 8. The van der Waals surface area contributed by atoms with E-state index >= 15 is 0 Å². The van der Waals surface area contributed by atoms with Gasteiger partial charge in [-0.05, 0) is 48.9 Å². The van der Waals surface area contributed by atoms with Crippen molar-refractivity contribution in [1.82, 2.24) is 14.6 Å². The zero-order chi connectivity index (χ0) is 21.7. The highest BCUT2D eigenvalue weighted by atomic mass is 32.2. The van der Waals surface area contributed by atoms with Gasteiger partial charge in [-0.15, -0.1) is 23.1 Å². The molecule has 2 aromatic carbocycles. The Bertz CT molecular complexity index is 1110. The molecule has 1 N–H and O–H groups in total. The van der Waals surface area contributed by atoms with Crippen molar-refractivity contribution in [1.29, 1.82) is 0 Å². The summed E-state index contributed by atoms with van der Waals surface area (Å²) in [6.45, 7) is 2.31. The monoisotopic (exact) mass is 461 g/mol. The summed E-state index contributed by atoms with van der Waals surface area (Å²) in [5.41, 5.74) is 2.47. The van der Waals surface area contributed by atoms with Gasteiger partial charge in [-0.1, -0.05) is 12.1 Å². The molecule has 0 fully saturated rings. The molecule has 1 heterocycles. The standard InChI is InChI=1S/C21H23N3O3S3/c1-15-23-18(13-28-15)14-29-19-8-6-17(7-9-19)21(25)22-12-16-4-10-20(11-5-16)30(26,27)24(2)3/h4-11,13H,12,14H2,1-3H3,(H,22,25). The van der Waals surface area contributed by atoms with Crippen molar-refractivity contribution in [3.63, 3.8) is 0 Å². The number of sulfonamides is 1. The van der Waals surface area contributed by atoms with Crippen molar-refractivity contribution in [2.24, 2.45) is 0 Å². The number of amides is 1. The highest BCUT2D eigenvalue weighted by Gasteiger charge is 2.16. The van der Waals surface area contributed by atoms with Crippen molar-refractivity contribution in [2.45, 2.75) is 29.0 Å². The van der Waals surface area contributed by atoms with Crippen LogP contribution < -0.4 is 5.32 Å². The zero-order valence-electron chi connectivity index (χ0n) is 17.0. The third-order valence-electron chi connectivity index (χ3n) is 4.32. The molecule has 0 aliphatic heterocycles. The molecule has 0 aliphatic rings. The maximum atomic E-state index is 12.4. The van der Waals surface area contributed by atoms with E-state index in [1.807, 2.05) is 19.1 Å². The maximum absolute atomic E-state index is 12.4. The van der Waals surface area contributed by atoms with Gasteiger partial charge in [0.1, 0.15) is 0 Å². The largest absolute Gasteiger partial charge is 0.348 e. The molecule has 3 aromatic rings. The quantitative estimate of drug-likeness (QED) is 0.514. The molecule has 0 atom stereocenters. The van der Waals surface area contributed by atoms with Gasteiger partial charge in [0.25, 0.3) is 5.91 Å². The fourth-order valence-electron chi connectivity index (χ4n) is 2.61. The summed E-state index contributed by atoms with van der Waals surface area (Å²) in [7, 11) is -0.466. The van der Waals surface area contributed by atoms with Crippen molar-refractivity contribution >= 4 is 39.0 Å². The summed E-state index contributed by atoms with van der Waals surface area (Å²) in [6.07, 6.45) is 0. The van der Waals surface area contributed by atoms with Gasteiger partial charge in [-0.25, -0.2) is 17.7 Å². The summed E-state index contributed by atoms with van der Waals surface area (Å²) >= 11 is 3.33. The molecule has 0 radical (unpaired) electrons. The molecule has 0 spiro atoms. The van der Waals surface area contributed by atoms with E-state index in [1.165, 1.54) is 18.4 Å². The molecular formula is C21H23N3O3S3. The van der Waals surface area contributed by atoms with Crippen LogP contribution in [0.2, 0.25) is 0 Å². The second-order valence-electron chi connectivity index (χ2n) is 6.78. The highest BCUT2D eigenvalue weighted by Crippen LogP contribution is 2.24. The van der Waals surface area contributed by atoms with Crippen LogP contribution in [0.3, 0.4) is 0 Å². The lowest BCUT2D eigenvalue weighted by atomic mass is 10.2. The third-order valence-corrected chi connectivity index (χ3v) is 8.02. The first kappa shape index (κ1) is 22.5. The summed E-state index contributed by atoms with van der Waals surface area (Å²) < 4.78 is 25.4. The van der Waals surface area contributed by atoms with Crippen LogP contribution in [-0.4, -0.2) is 37.7 Å². The van der Waals surface area contributed by atoms with Crippen LogP contribution in [0.15, 0.2) is 63.7 Å². The van der Waals surface area contributed by atoms with Gasteiger partial charge in [0, 0.05) is 42.2 Å². The van der Waals surface area contributed by atoms with Gasteiger partial charge in [0.05, 0.1) is 15.6 Å². The van der Waals surface area contributed by atoms with Crippen LogP contribution in [0.1, 0.15) is 26.6 Å². The Morgan fingerprint density at radius 3 is 2.33 bits per heavy atom. The normalized spacial score (nSPS) is 11.6. The molecule has 0 bridgehead atoms. The Kier molecular flexibility index (Phi) is 7.30. The van der Waals surface area contributed by atoms with E-state index in [2.05, 4.69) is 15.7 Å². The first-order valence-electron chi connectivity index (χ1n) is 9.19. The third kappa shape index (κ3) is 5.69. The molecule has 9 heteroatoms. The zero-order valence-corrected chi connectivity index (χ0v) is 19.4. The Balaban J connectivity index is 1.53. The summed E-state index contributed by atoms with van der Waals surface area (Å²) in [5, 5.41) is 5.99. The molecule has 1 amide bonds. The smallest absolute Gasteiger partial charge is 0.251 e. The number of thioether (sulfide) groups is 1. The van der Waals surface area contributed by atoms with Crippen molar-refractivity contribution in [3.05, 3.63) is 75.7 Å². The minimum absolute atomic E-state index is 0.174. The lowest BCUT2D eigenvalue weighted by Crippen LogP contribution is -2.23. The molecular weight excluding hydrogens is 438 g/mol. The fraction of sp³-hybridized carbons (Fsp3) is 0.238. The molecule has 3 rings (SSSR count). The average molecular weight is 462 g/mol. The lowest BCUT2D eigenvalue weighted by molar-refractivity contribution is 0.0951. The maximum Gasteiger partial charge on any atom is 0.251 e. The number of hydrogen-bond donors (Lipinski definition) is 1. The van der Waals surface area contributed by atoms with Crippen LogP contribution in [0.25, 0.3) is 0 Å². The number of carbonyl (C=O) groups excluding carboxylic acids is 1. The molecule has 0 saturated heterocycles. The Hall–Kier alpha value is -2.20. The number of aromatic nitrogens is 1. The Morgan fingerprint density at radius 1 is 1.10 bits per heavy atom. The number of thiazole rings is 1. The van der Waals surface area contributed by atoms with Gasteiger partial charge >= 0.3 is 0 Å². The number of nitrogens with one attached hydrogen (secondary N) is 1. The molecule has 6 nitrogen and oxygen atoms in total. The number of benzene rings is 2. The van der Waals surface area contributed by atoms with Crippen molar-refractivity contribution < 1.29 is 13.2 Å². The van der Waals surface area contributed by atoms with Gasteiger partial charge < -0.3 is 5.32 Å². The van der Waals surface area contributed by atoms with E-state index in [1.54, 1.807) is 59.5 Å². The predicted octanol–water partition coefficient (Wildman–Crippen LogP) is 3.92. The number of carbonyl (C=O) groups is 1. The van der Waals surface area contributed by atoms with Gasteiger partial charge in [0.2, 0.25) is 10.0 Å². The van der Waals surface area contributed by atoms with Crippen LogP contribution >= 0.6 is 23.1 Å². The van der Waals surface area contributed by atoms with Gasteiger partial charge in [-0.3, -0.25) is 4.79 Å². The van der Waals surface area contributed by atoms with E-state index in [4.69, 9.17) is 0 Å². The second kappa shape index (κ2) is 9.74. The average Bonchev–Trinajstić information content (AvgIpc) is 3.16. The van der Waals surface area contributed by atoms with Crippen LogP contribution in [0.5, 0.6) is 0 Å². The molecule has 0 saturated carbocycles. The predicted molar refractivity (Wildman–Crippen MR) is 121 cm³/mol. The summed E-state index contributed by atoms with van der Waals surface area (Å²) in [6, 6.07) is 14.0. The van der Waals surface area contributed by atoms with Crippen LogP contribution in [0, 0.1) is 6.92 Å². The first-order chi connectivity index (χ1) is 14.3.